The topological polar surface area (TPSA) is 45.4 Å². The smallest absolute Gasteiger partial charge is 0.169 e. The lowest BCUT2D eigenvalue weighted by atomic mass is 9.88. The summed E-state index contributed by atoms with van der Waals surface area (Å²) in [6.07, 6.45) is 2.21. The molecule has 0 amide bonds. The van der Waals surface area contributed by atoms with E-state index in [1.807, 2.05) is 12.1 Å². The minimum Gasteiger partial charge on any atom is -0.454 e. The first kappa shape index (κ1) is 10.2. The Labute approximate surface area is 91.6 Å². The lowest BCUT2D eigenvalue weighted by Crippen LogP contribution is -2.43. The minimum atomic E-state index is -0.581. The van der Waals surface area contributed by atoms with E-state index in [1.165, 1.54) is 0 Å². The molecule has 0 saturated carbocycles. The highest BCUT2D eigenvalue weighted by Crippen LogP contribution is 2.25. The van der Waals surface area contributed by atoms with Crippen LogP contribution in [-0.4, -0.2) is 23.8 Å². The molecule has 0 unspecified atom stereocenters. The molecular formula is C10H14BrNO2. The average molecular weight is 260 g/mol. The number of nitrogens with one attached hydrogen (secondary N) is 1. The van der Waals surface area contributed by atoms with Crippen LogP contribution < -0.4 is 5.32 Å². The summed E-state index contributed by atoms with van der Waals surface area (Å²) in [5, 5.41) is 13.4. The molecule has 78 valence electrons. The van der Waals surface area contributed by atoms with Crippen molar-refractivity contribution >= 4 is 15.9 Å². The van der Waals surface area contributed by atoms with Crippen LogP contribution in [0.2, 0.25) is 0 Å². The maximum atomic E-state index is 10.2. The summed E-state index contributed by atoms with van der Waals surface area (Å²) >= 11 is 3.25. The van der Waals surface area contributed by atoms with E-state index in [2.05, 4.69) is 21.2 Å². The number of hydrogen-bond donors (Lipinski definition) is 2. The molecule has 0 bridgehead atoms. The quantitative estimate of drug-likeness (QED) is 0.850. The molecule has 1 aliphatic heterocycles. The summed E-state index contributed by atoms with van der Waals surface area (Å²) < 4.78 is 6.11. The lowest BCUT2D eigenvalue weighted by molar-refractivity contribution is 0.00645. The van der Waals surface area contributed by atoms with Crippen LogP contribution >= 0.6 is 15.9 Å². The van der Waals surface area contributed by atoms with Gasteiger partial charge in [-0.2, -0.15) is 0 Å². The summed E-state index contributed by atoms with van der Waals surface area (Å²) in [5.74, 6) is 0.848. The van der Waals surface area contributed by atoms with Gasteiger partial charge in [0.2, 0.25) is 0 Å². The normalized spacial score (nSPS) is 21.0. The Morgan fingerprint density at radius 2 is 2.14 bits per heavy atom. The molecule has 4 heteroatoms. The van der Waals surface area contributed by atoms with Gasteiger partial charge in [-0.25, -0.2) is 0 Å². The molecule has 14 heavy (non-hydrogen) atoms. The van der Waals surface area contributed by atoms with Gasteiger partial charge in [0.15, 0.2) is 4.67 Å². The average Bonchev–Trinajstić information content (AvgIpc) is 2.51. The second kappa shape index (κ2) is 4.04. The third-order valence-corrected chi connectivity index (χ3v) is 3.09. The zero-order valence-electron chi connectivity index (χ0n) is 7.92. The van der Waals surface area contributed by atoms with Crippen LogP contribution in [0.25, 0.3) is 0 Å². The van der Waals surface area contributed by atoms with Crippen molar-refractivity contribution in [3.8, 4) is 0 Å². The fourth-order valence-corrected chi connectivity index (χ4v) is 2.18. The van der Waals surface area contributed by atoms with Gasteiger partial charge < -0.3 is 14.8 Å². The molecule has 2 N–H and O–H groups in total. The summed E-state index contributed by atoms with van der Waals surface area (Å²) in [7, 11) is 0. The van der Waals surface area contributed by atoms with Crippen molar-refractivity contribution in [3.63, 3.8) is 0 Å². The summed E-state index contributed by atoms with van der Waals surface area (Å²) in [5.41, 5.74) is -0.581. The number of aliphatic hydroxyl groups is 1. The van der Waals surface area contributed by atoms with Crippen LogP contribution in [0.5, 0.6) is 0 Å². The Morgan fingerprint density at radius 3 is 2.71 bits per heavy atom. The van der Waals surface area contributed by atoms with Gasteiger partial charge in [-0.1, -0.05) is 0 Å². The molecule has 1 fully saturated rings. The van der Waals surface area contributed by atoms with Gasteiger partial charge in [-0.05, 0) is 54.0 Å². The molecule has 3 nitrogen and oxygen atoms in total. The Kier molecular flexibility index (Phi) is 2.95. The molecule has 0 radical (unpaired) electrons. The molecule has 1 saturated heterocycles. The number of piperidine rings is 1. The lowest BCUT2D eigenvalue weighted by Gasteiger charge is -2.31. The Balaban J connectivity index is 2.01. The molecule has 2 rings (SSSR count). The van der Waals surface area contributed by atoms with E-state index in [4.69, 9.17) is 4.42 Å². The second-order valence-corrected chi connectivity index (χ2v) is 4.64. The number of halogens is 1. The SMILES string of the molecule is OC1(Cc2ccc(Br)o2)CCNCC1. The molecule has 0 aliphatic carbocycles. The fraction of sp³-hybridized carbons (Fsp3) is 0.600. The van der Waals surface area contributed by atoms with Crippen LogP contribution in [0.4, 0.5) is 0 Å². The van der Waals surface area contributed by atoms with Crippen molar-refractivity contribution in [3.05, 3.63) is 22.6 Å². The van der Waals surface area contributed by atoms with Gasteiger partial charge in [-0.15, -0.1) is 0 Å². The predicted molar refractivity (Wildman–Crippen MR) is 57.2 cm³/mol. The minimum absolute atomic E-state index is 0.581. The van der Waals surface area contributed by atoms with Crippen molar-refractivity contribution in [2.45, 2.75) is 24.9 Å². The molecule has 0 spiro atoms. The number of hydrogen-bond acceptors (Lipinski definition) is 3. The number of furan rings is 1. The van der Waals surface area contributed by atoms with Crippen LogP contribution in [0, 0.1) is 0 Å². The summed E-state index contributed by atoms with van der Waals surface area (Å²) in [4.78, 5) is 0. The van der Waals surface area contributed by atoms with Gasteiger partial charge >= 0.3 is 0 Å². The monoisotopic (exact) mass is 259 g/mol. The van der Waals surface area contributed by atoms with E-state index in [0.29, 0.717) is 6.42 Å². The highest BCUT2D eigenvalue weighted by Gasteiger charge is 2.30. The predicted octanol–water partition coefficient (Wildman–Crippen LogP) is 1.70. The third kappa shape index (κ3) is 2.38. The molecule has 2 heterocycles. The van der Waals surface area contributed by atoms with E-state index >= 15 is 0 Å². The van der Waals surface area contributed by atoms with Crippen LogP contribution in [0.15, 0.2) is 21.2 Å². The molecular weight excluding hydrogens is 246 g/mol. The van der Waals surface area contributed by atoms with Crippen molar-refractivity contribution < 1.29 is 9.52 Å². The molecule has 0 atom stereocenters. The first-order valence-electron chi connectivity index (χ1n) is 4.85. The van der Waals surface area contributed by atoms with Crippen molar-refractivity contribution in [2.24, 2.45) is 0 Å². The van der Waals surface area contributed by atoms with Gasteiger partial charge in [0.25, 0.3) is 0 Å². The van der Waals surface area contributed by atoms with E-state index in [9.17, 15) is 5.11 Å². The first-order chi connectivity index (χ1) is 6.68. The molecule has 0 aromatic carbocycles. The highest BCUT2D eigenvalue weighted by molar-refractivity contribution is 9.10. The van der Waals surface area contributed by atoms with Crippen molar-refractivity contribution in [2.75, 3.05) is 13.1 Å². The van der Waals surface area contributed by atoms with E-state index < -0.39 is 5.60 Å². The Morgan fingerprint density at radius 1 is 1.43 bits per heavy atom. The van der Waals surface area contributed by atoms with Crippen LogP contribution in [0.3, 0.4) is 0 Å². The van der Waals surface area contributed by atoms with Crippen molar-refractivity contribution in [1.82, 2.24) is 5.32 Å². The maximum absolute atomic E-state index is 10.2. The van der Waals surface area contributed by atoms with Crippen LogP contribution in [-0.2, 0) is 6.42 Å². The first-order valence-corrected chi connectivity index (χ1v) is 5.65. The second-order valence-electron chi connectivity index (χ2n) is 3.86. The zero-order chi connectivity index (χ0) is 10.0. The number of rotatable bonds is 2. The standard InChI is InChI=1S/C10H14BrNO2/c11-9-2-1-8(14-9)7-10(13)3-5-12-6-4-10/h1-2,12-13H,3-7H2. The zero-order valence-corrected chi connectivity index (χ0v) is 9.51. The highest BCUT2D eigenvalue weighted by atomic mass is 79.9. The van der Waals surface area contributed by atoms with E-state index in [-0.39, 0.29) is 0 Å². The maximum Gasteiger partial charge on any atom is 0.169 e. The Hall–Kier alpha value is -0.320. The molecule has 1 aromatic heterocycles. The van der Waals surface area contributed by atoms with Gasteiger partial charge in [-0.3, -0.25) is 0 Å². The Bertz CT molecular complexity index is 305. The van der Waals surface area contributed by atoms with E-state index in [1.54, 1.807) is 0 Å². The van der Waals surface area contributed by atoms with Crippen molar-refractivity contribution in [1.29, 1.82) is 0 Å². The summed E-state index contributed by atoms with van der Waals surface area (Å²) in [6, 6.07) is 3.77. The van der Waals surface area contributed by atoms with Gasteiger partial charge in [0, 0.05) is 6.42 Å². The molecule has 1 aromatic rings. The van der Waals surface area contributed by atoms with Crippen LogP contribution in [0.1, 0.15) is 18.6 Å². The van der Waals surface area contributed by atoms with E-state index in [0.717, 1.165) is 36.4 Å². The van der Waals surface area contributed by atoms with Gasteiger partial charge in [0.1, 0.15) is 5.76 Å². The summed E-state index contributed by atoms with van der Waals surface area (Å²) in [6.45, 7) is 1.77. The molecule has 1 aliphatic rings. The largest absolute Gasteiger partial charge is 0.454 e. The fourth-order valence-electron chi connectivity index (χ4n) is 1.84. The van der Waals surface area contributed by atoms with Gasteiger partial charge in [0.05, 0.1) is 5.60 Å². The third-order valence-electron chi connectivity index (χ3n) is 2.67.